The van der Waals surface area contributed by atoms with Crippen LogP contribution in [0.2, 0.25) is 4.34 Å². The smallest absolute Gasteiger partial charge is 0.261 e. The number of hydrogen-bond donors (Lipinski definition) is 1. The Morgan fingerprint density at radius 1 is 1.26 bits per heavy atom. The molecule has 1 atom stereocenters. The van der Waals surface area contributed by atoms with Gasteiger partial charge in [0.05, 0.1) is 15.3 Å². The minimum atomic E-state index is -0.0757. The van der Waals surface area contributed by atoms with Crippen molar-refractivity contribution in [1.29, 1.82) is 0 Å². The van der Waals surface area contributed by atoms with Gasteiger partial charge in [-0.1, -0.05) is 29.8 Å². The molecule has 2 heterocycles. The molecule has 2 aromatic heterocycles. The van der Waals surface area contributed by atoms with Gasteiger partial charge in [0.2, 0.25) is 0 Å². The van der Waals surface area contributed by atoms with Crippen LogP contribution < -0.4 is 5.32 Å². The van der Waals surface area contributed by atoms with E-state index in [1.165, 1.54) is 27.0 Å². The van der Waals surface area contributed by atoms with Gasteiger partial charge in [0, 0.05) is 11.2 Å². The Morgan fingerprint density at radius 2 is 2.04 bits per heavy atom. The number of rotatable bonds is 5. The zero-order valence-corrected chi connectivity index (χ0v) is 15.3. The summed E-state index contributed by atoms with van der Waals surface area (Å²) in [5, 5.41) is 6.46. The Kier molecular flexibility index (Phi) is 5.02. The van der Waals surface area contributed by atoms with Crippen LogP contribution in [-0.4, -0.2) is 31.4 Å². The molecule has 1 unspecified atom stereocenters. The van der Waals surface area contributed by atoms with Crippen molar-refractivity contribution in [2.24, 2.45) is 0 Å². The number of likely N-dealkylation sites (N-methyl/N-ethyl adjacent to an activating group) is 1. The molecule has 1 N–H and O–H groups in total. The van der Waals surface area contributed by atoms with Crippen molar-refractivity contribution in [3.05, 3.63) is 56.6 Å². The number of carbonyl (C=O) groups is 1. The SMILES string of the molecule is CN(C)C(CNC(=O)c1ccc(Cl)s1)c1csc2ccccc12. The van der Waals surface area contributed by atoms with Crippen LogP contribution >= 0.6 is 34.3 Å². The highest BCUT2D eigenvalue weighted by Gasteiger charge is 2.19. The highest BCUT2D eigenvalue weighted by molar-refractivity contribution is 7.18. The average molecular weight is 365 g/mol. The topological polar surface area (TPSA) is 32.3 Å². The summed E-state index contributed by atoms with van der Waals surface area (Å²) in [6.07, 6.45) is 0. The number of fused-ring (bicyclic) bond motifs is 1. The minimum absolute atomic E-state index is 0.0757. The Hall–Kier alpha value is -1.40. The maximum Gasteiger partial charge on any atom is 0.261 e. The van der Waals surface area contributed by atoms with Gasteiger partial charge in [-0.2, -0.15) is 0 Å². The van der Waals surface area contributed by atoms with Gasteiger partial charge in [0.1, 0.15) is 0 Å². The van der Waals surface area contributed by atoms with Gasteiger partial charge in [-0.15, -0.1) is 22.7 Å². The second kappa shape index (κ2) is 7.01. The second-order valence-corrected chi connectivity index (χ2v) is 8.11. The molecule has 0 spiro atoms. The summed E-state index contributed by atoms with van der Waals surface area (Å²) in [7, 11) is 4.07. The Labute approximate surface area is 148 Å². The molecule has 0 aliphatic heterocycles. The third kappa shape index (κ3) is 3.58. The van der Waals surface area contributed by atoms with E-state index in [0.29, 0.717) is 15.8 Å². The van der Waals surface area contributed by atoms with E-state index < -0.39 is 0 Å². The predicted molar refractivity (Wildman–Crippen MR) is 99.9 cm³/mol. The minimum Gasteiger partial charge on any atom is -0.349 e. The zero-order chi connectivity index (χ0) is 16.4. The Morgan fingerprint density at radius 3 is 2.74 bits per heavy atom. The van der Waals surface area contributed by atoms with E-state index in [2.05, 4.69) is 39.9 Å². The molecule has 0 aliphatic carbocycles. The van der Waals surface area contributed by atoms with Gasteiger partial charge in [-0.25, -0.2) is 0 Å². The van der Waals surface area contributed by atoms with Crippen LogP contribution in [0.15, 0.2) is 41.8 Å². The molecule has 3 rings (SSSR count). The van der Waals surface area contributed by atoms with E-state index in [9.17, 15) is 4.79 Å². The number of thiophene rings is 2. The summed E-state index contributed by atoms with van der Waals surface area (Å²) in [5.41, 5.74) is 1.25. The van der Waals surface area contributed by atoms with Crippen molar-refractivity contribution >= 4 is 50.3 Å². The average Bonchev–Trinajstić information content (AvgIpc) is 3.14. The van der Waals surface area contributed by atoms with E-state index in [0.717, 1.165) is 0 Å². The molecule has 0 saturated carbocycles. The van der Waals surface area contributed by atoms with Crippen molar-refractivity contribution < 1.29 is 4.79 Å². The maximum absolute atomic E-state index is 12.2. The molecular weight excluding hydrogens is 348 g/mol. The van der Waals surface area contributed by atoms with Crippen molar-refractivity contribution in [3.63, 3.8) is 0 Å². The van der Waals surface area contributed by atoms with Crippen LogP contribution in [0.3, 0.4) is 0 Å². The summed E-state index contributed by atoms with van der Waals surface area (Å²) < 4.78 is 1.90. The standard InChI is InChI=1S/C17H17ClN2OS2/c1-20(2)13(9-19-17(21)15-7-8-16(18)23-15)12-10-22-14-6-4-3-5-11(12)14/h3-8,10,13H,9H2,1-2H3,(H,19,21). The largest absolute Gasteiger partial charge is 0.349 e. The van der Waals surface area contributed by atoms with Crippen LogP contribution in [-0.2, 0) is 0 Å². The number of nitrogens with one attached hydrogen (secondary N) is 1. The lowest BCUT2D eigenvalue weighted by atomic mass is 10.0. The molecule has 0 bridgehead atoms. The van der Waals surface area contributed by atoms with Crippen molar-refractivity contribution in [2.45, 2.75) is 6.04 Å². The first-order valence-electron chi connectivity index (χ1n) is 7.22. The van der Waals surface area contributed by atoms with Gasteiger partial charge in [-0.05, 0) is 48.6 Å². The number of hydrogen-bond acceptors (Lipinski definition) is 4. The predicted octanol–water partition coefficient (Wildman–Crippen LogP) is 4.65. The molecule has 1 amide bonds. The lowest BCUT2D eigenvalue weighted by Crippen LogP contribution is -2.34. The monoisotopic (exact) mass is 364 g/mol. The summed E-state index contributed by atoms with van der Waals surface area (Å²) in [6.45, 7) is 0.558. The molecule has 0 fully saturated rings. The van der Waals surface area contributed by atoms with Crippen LogP contribution in [0.5, 0.6) is 0 Å². The summed E-state index contributed by atoms with van der Waals surface area (Å²) in [6, 6.07) is 12.0. The van der Waals surface area contributed by atoms with Crippen LogP contribution in [0.25, 0.3) is 10.1 Å². The van der Waals surface area contributed by atoms with Gasteiger partial charge < -0.3 is 10.2 Å². The molecule has 23 heavy (non-hydrogen) atoms. The maximum atomic E-state index is 12.2. The number of halogens is 1. The molecule has 0 aliphatic rings. The van der Waals surface area contributed by atoms with E-state index in [1.807, 2.05) is 14.1 Å². The molecule has 1 aromatic carbocycles. The van der Waals surface area contributed by atoms with E-state index in [1.54, 1.807) is 23.5 Å². The quantitative estimate of drug-likeness (QED) is 0.714. The summed E-state index contributed by atoms with van der Waals surface area (Å²) >= 11 is 8.93. The molecular formula is C17H17ClN2OS2. The first-order valence-corrected chi connectivity index (χ1v) is 9.30. The van der Waals surface area contributed by atoms with Crippen LogP contribution in [0, 0.1) is 0 Å². The fourth-order valence-electron chi connectivity index (χ4n) is 2.54. The first kappa shape index (κ1) is 16.5. The molecule has 120 valence electrons. The molecule has 0 radical (unpaired) electrons. The highest BCUT2D eigenvalue weighted by Crippen LogP contribution is 2.32. The van der Waals surface area contributed by atoms with Crippen molar-refractivity contribution in [3.8, 4) is 0 Å². The number of benzene rings is 1. The van der Waals surface area contributed by atoms with Gasteiger partial charge in [0.15, 0.2) is 0 Å². The lowest BCUT2D eigenvalue weighted by Gasteiger charge is -2.24. The normalized spacial score (nSPS) is 12.7. The second-order valence-electron chi connectivity index (χ2n) is 5.48. The fraction of sp³-hybridized carbons (Fsp3) is 0.235. The van der Waals surface area contributed by atoms with Gasteiger partial charge in [-0.3, -0.25) is 4.79 Å². The molecule has 3 aromatic rings. The van der Waals surface area contributed by atoms with Gasteiger partial charge >= 0.3 is 0 Å². The number of carbonyl (C=O) groups excluding carboxylic acids is 1. The van der Waals surface area contributed by atoms with Crippen molar-refractivity contribution in [1.82, 2.24) is 10.2 Å². The van der Waals surface area contributed by atoms with E-state index in [-0.39, 0.29) is 11.9 Å². The van der Waals surface area contributed by atoms with Gasteiger partial charge in [0.25, 0.3) is 5.91 Å². The molecule has 6 heteroatoms. The molecule has 3 nitrogen and oxygen atoms in total. The Balaban J connectivity index is 1.78. The zero-order valence-electron chi connectivity index (χ0n) is 12.9. The van der Waals surface area contributed by atoms with Crippen LogP contribution in [0.4, 0.5) is 0 Å². The van der Waals surface area contributed by atoms with E-state index in [4.69, 9.17) is 11.6 Å². The fourth-order valence-corrected chi connectivity index (χ4v) is 4.51. The van der Waals surface area contributed by atoms with Crippen molar-refractivity contribution in [2.75, 3.05) is 20.6 Å². The number of nitrogens with zero attached hydrogens (tertiary/aromatic N) is 1. The Bertz CT molecular complexity index is 825. The molecule has 0 saturated heterocycles. The summed E-state index contributed by atoms with van der Waals surface area (Å²) in [5.74, 6) is -0.0757. The van der Waals surface area contributed by atoms with E-state index >= 15 is 0 Å². The summed E-state index contributed by atoms with van der Waals surface area (Å²) in [4.78, 5) is 15.0. The third-order valence-electron chi connectivity index (χ3n) is 3.75. The third-order valence-corrected chi connectivity index (χ3v) is 5.96. The lowest BCUT2D eigenvalue weighted by molar-refractivity contribution is 0.0946. The number of amides is 1. The highest BCUT2D eigenvalue weighted by atomic mass is 35.5. The first-order chi connectivity index (χ1) is 11.1. The van der Waals surface area contributed by atoms with Crippen LogP contribution in [0.1, 0.15) is 21.3 Å².